The standard InChI is InChI=1S/C21H28O4/c1-23-17-12-10-16(11-13-17)20-14-6-3-7-15-21(20,25-20)19(22)24-18-8-4-2-5-9-18/h10-13,18H,2-9,14-15H2,1H3. The number of carbonyl (C=O) groups is 1. The van der Waals surface area contributed by atoms with E-state index in [0.29, 0.717) is 0 Å². The highest BCUT2D eigenvalue weighted by Gasteiger charge is 2.75. The van der Waals surface area contributed by atoms with Gasteiger partial charge in [-0.3, -0.25) is 0 Å². The highest BCUT2D eigenvalue weighted by atomic mass is 16.7. The van der Waals surface area contributed by atoms with Gasteiger partial charge in [-0.25, -0.2) is 4.79 Å². The summed E-state index contributed by atoms with van der Waals surface area (Å²) >= 11 is 0. The number of carbonyl (C=O) groups excluding carboxylic acids is 1. The number of hydrogen-bond acceptors (Lipinski definition) is 4. The van der Waals surface area contributed by atoms with E-state index in [1.54, 1.807) is 7.11 Å². The summed E-state index contributed by atoms with van der Waals surface area (Å²) in [6.07, 6.45) is 10.6. The van der Waals surface area contributed by atoms with Crippen molar-refractivity contribution < 1.29 is 19.0 Å². The molecule has 0 N–H and O–H groups in total. The highest BCUT2D eigenvalue weighted by Crippen LogP contribution is 2.63. The summed E-state index contributed by atoms with van der Waals surface area (Å²) in [5.41, 5.74) is -0.187. The molecule has 1 aromatic carbocycles. The number of benzene rings is 1. The summed E-state index contributed by atoms with van der Waals surface area (Å²) in [7, 11) is 1.67. The minimum atomic E-state index is -0.768. The lowest BCUT2D eigenvalue weighted by Gasteiger charge is -2.25. The quantitative estimate of drug-likeness (QED) is 0.596. The molecular weight excluding hydrogens is 316 g/mol. The minimum absolute atomic E-state index is 0.0802. The minimum Gasteiger partial charge on any atom is -0.497 e. The van der Waals surface area contributed by atoms with Crippen LogP contribution in [-0.2, 0) is 19.9 Å². The van der Waals surface area contributed by atoms with Gasteiger partial charge in [0.2, 0.25) is 0 Å². The summed E-state index contributed by atoms with van der Waals surface area (Å²) in [5.74, 6) is 0.696. The van der Waals surface area contributed by atoms with E-state index in [9.17, 15) is 4.79 Å². The molecule has 2 saturated carbocycles. The van der Waals surface area contributed by atoms with Crippen molar-refractivity contribution in [1.29, 1.82) is 0 Å². The average Bonchev–Trinajstić information content (AvgIpc) is 3.34. The van der Waals surface area contributed by atoms with Crippen LogP contribution >= 0.6 is 0 Å². The van der Waals surface area contributed by atoms with Gasteiger partial charge in [-0.1, -0.05) is 31.4 Å². The van der Waals surface area contributed by atoms with E-state index in [0.717, 1.165) is 69.1 Å². The molecule has 1 saturated heterocycles. The fourth-order valence-corrected chi connectivity index (χ4v) is 4.74. The lowest BCUT2D eigenvalue weighted by atomic mass is 9.82. The zero-order chi connectivity index (χ0) is 17.3. The normalized spacial score (nSPS) is 32.4. The Labute approximate surface area is 149 Å². The van der Waals surface area contributed by atoms with Gasteiger partial charge in [-0.15, -0.1) is 0 Å². The number of epoxide rings is 1. The third kappa shape index (κ3) is 2.84. The van der Waals surface area contributed by atoms with E-state index in [1.807, 2.05) is 24.3 Å². The molecule has 3 fully saturated rings. The van der Waals surface area contributed by atoms with Gasteiger partial charge >= 0.3 is 5.97 Å². The van der Waals surface area contributed by atoms with E-state index in [1.165, 1.54) is 6.42 Å². The van der Waals surface area contributed by atoms with Crippen LogP contribution in [-0.4, -0.2) is 24.8 Å². The van der Waals surface area contributed by atoms with Crippen LogP contribution in [0.15, 0.2) is 24.3 Å². The molecule has 25 heavy (non-hydrogen) atoms. The van der Waals surface area contributed by atoms with Gasteiger partial charge in [0, 0.05) is 0 Å². The summed E-state index contributed by atoms with van der Waals surface area (Å²) in [6, 6.07) is 7.99. The largest absolute Gasteiger partial charge is 0.497 e. The Balaban J connectivity index is 1.58. The average molecular weight is 344 g/mol. The first kappa shape index (κ1) is 16.9. The first-order chi connectivity index (χ1) is 12.2. The van der Waals surface area contributed by atoms with Crippen molar-refractivity contribution in [2.45, 2.75) is 81.5 Å². The van der Waals surface area contributed by atoms with E-state index < -0.39 is 11.2 Å². The molecule has 0 amide bonds. The molecule has 0 bridgehead atoms. The lowest BCUT2D eigenvalue weighted by molar-refractivity contribution is -0.157. The molecule has 2 atom stereocenters. The summed E-state index contributed by atoms with van der Waals surface area (Å²) < 4.78 is 17.5. The van der Waals surface area contributed by atoms with Crippen LogP contribution in [0, 0.1) is 0 Å². The SMILES string of the molecule is COc1ccc(C23CCCCCC2(C(=O)OC2CCCCC2)O3)cc1. The van der Waals surface area contributed by atoms with Gasteiger partial charge < -0.3 is 14.2 Å². The van der Waals surface area contributed by atoms with Crippen LogP contribution < -0.4 is 4.74 Å². The molecule has 0 radical (unpaired) electrons. The Kier molecular flexibility index (Phi) is 4.48. The van der Waals surface area contributed by atoms with Gasteiger partial charge in [0.1, 0.15) is 17.5 Å². The fraction of sp³-hybridized carbons (Fsp3) is 0.667. The lowest BCUT2D eigenvalue weighted by Crippen LogP contribution is -2.37. The van der Waals surface area contributed by atoms with Crippen LogP contribution in [0.5, 0.6) is 5.75 Å². The molecular formula is C21H28O4. The molecule has 1 heterocycles. The molecule has 2 aliphatic carbocycles. The Hall–Kier alpha value is -1.55. The molecule has 1 aliphatic heterocycles. The summed E-state index contributed by atoms with van der Waals surface area (Å²) in [6.45, 7) is 0. The van der Waals surface area contributed by atoms with Crippen molar-refractivity contribution in [2.75, 3.05) is 7.11 Å². The van der Waals surface area contributed by atoms with Crippen LogP contribution in [0.1, 0.15) is 69.8 Å². The third-order valence-electron chi connectivity index (χ3n) is 6.23. The maximum atomic E-state index is 13.1. The second-order valence-electron chi connectivity index (χ2n) is 7.71. The smallest absolute Gasteiger partial charge is 0.342 e. The monoisotopic (exact) mass is 344 g/mol. The molecule has 4 nitrogen and oxygen atoms in total. The van der Waals surface area contributed by atoms with Crippen LogP contribution in [0.4, 0.5) is 0 Å². The van der Waals surface area contributed by atoms with E-state index >= 15 is 0 Å². The number of fused-ring (bicyclic) bond motifs is 1. The topological polar surface area (TPSA) is 48.1 Å². The summed E-state index contributed by atoms with van der Waals surface area (Å²) in [4.78, 5) is 13.1. The Morgan fingerprint density at radius 3 is 2.40 bits per heavy atom. The number of ether oxygens (including phenoxy) is 3. The van der Waals surface area contributed by atoms with Crippen molar-refractivity contribution in [3.63, 3.8) is 0 Å². The van der Waals surface area contributed by atoms with Crippen molar-refractivity contribution >= 4 is 5.97 Å². The van der Waals surface area contributed by atoms with Crippen molar-refractivity contribution in [2.24, 2.45) is 0 Å². The van der Waals surface area contributed by atoms with Crippen LogP contribution in [0.2, 0.25) is 0 Å². The number of hydrogen-bond donors (Lipinski definition) is 0. The predicted molar refractivity (Wildman–Crippen MR) is 94.5 cm³/mol. The molecule has 2 unspecified atom stereocenters. The van der Waals surface area contributed by atoms with Crippen molar-refractivity contribution in [3.8, 4) is 5.75 Å². The molecule has 136 valence electrons. The van der Waals surface area contributed by atoms with Crippen LogP contribution in [0.3, 0.4) is 0 Å². The van der Waals surface area contributed by atoms with E-state index in [4.69, 9.17) is 14.2 Å². The third-order valence-corrected chi connectivity index (χ3v) is 6.23. The van der Waals surface area contributed by atoms with Crippen molar-refractivity contribution in [3.05, 3.63) is 29.8 Å². The van der Waals surface area contributed by atoms with Crippen molar-refractivity contribution in [1.82, 2.24) is 0 Å². The first-order valence-electron chi connectivity index (χ1n) is 9.76. The molecule has 0 aromatic heterocycles. The maximum absolute atomic E-state index is 13.1. The number of methoxy groups -OCH3 is 1. The second kappa shape index (κ2) is 6.64. The zero-order valence-electron chi connectivity index (χ0n) is 15.1. The molecule has 4 heteroatoms. The Morgan fingerprint density at radius 1 is 1.00 bits per heavy atom. The number of esters is 1. The predicted octanol–water partition coefficient (Wildman–Crippen LogP) is 4.50. The van der Waals surface area contributed by atoms with Gasteiger partial charge in [0.15, 0.2) is 5.60 Å². The summed E-state index contributed by atoms with van der Waals surface area (Å²) in [5, 5.41) is 0. The van der Waals surface area contributed by atoms with Gasteiger partial charge in [0.25, 0.3) is 0 Å². The van der Waals surface area contributed by atoms with E-state index in [-0.39, 0.29) is 12.1 Å². The van der Waals surface area contributed by atoms with Crippen LogP contribution in [0.25, 0.3) is 0 Å². The van der Waals surface area contributed by atoms with Gasteiger partial charge in [-0.2, -0.15) is 0 Å². The molecule has 1 aromatic rings. The highest BCUT2D eigenvalue weighted by molar-refractivity contribution is 5.85. The first-order valence-corrected chi connectivity index (χ1v) is 9.76. The molecule has 4 rings (SSSR count). The van der Waals surface area contributed by atoms with E-state index in [2.05, 4.69) is 0 Å². The molecule has 3 aliphatic rings. The fourth-order valence-electron chi connectivity index (χ4n) is 4.74. The Morgan fingerprint density at radius 2 is 1.68 bits per heavy atom. The number of rotatable bonds is 4. The zero-order valence-corrected chi connectivity index (χ0v) is 15.1. The maximum Gasteiger partial charge on any atom is 0.342 e. The Bertz CT molecular complexity index is 619. The molecule has 0 spiro atoms. The second-order valence-corrected chi connectivity index (χ2v) is 7.71. The van der Waals surface area contributed by atoms with Gasteiger partial charge in [0.05, 0.1) is 7.11 Å². The van der Waals surface area contributed by atoms with Gasteiger partial charge in [-0.05, 0) is 62.6 Å².